The minimum Gasteiger partial charge on any atom is -0.378 e. The highest BCUT2D eigenvalue weighted by molar-refractivity contribution is 6.31. The van der Waals surface area contributed by atoms with Gasteiger partial charge in [0.15, 0.2) is 0 Å². The third kappa shape index (κ3) is 5.15. The van der Waals surface area contributed by atoms with Gasteiger partial charge in [-0.05, 0) is 42.3 Å². The van der Waals surface area contributed by atoms with Gasteiger partial charge < -0.3 is 9.64 Å². The maximum absolute atomic E-state index is 13.3. The maximum Gasteiger partial charge on any atom is 0.416 e. The van der Waals surface area contributed by atoms with Gasteiger partial charge in [0.25, 0.3) is 11.5 Å². The van der Waals surface area contributed by atoms with Gasteiger partial charge in [-0.25, -0.2) is 4.79 Å². The molecule has 0 unspecified atom stereocenters. The molecule has 1 saturated heterocycles. The smallest absolute Gasteiger partial charge is 0.378 e. The van der Waals surface area contributed by atoms with Gasteiger partial charge in [0.1, 0.15) is 0 Å². The number of nitrogens with zero attached hydrogens (tertiary/aromatic N) is 4. The van der Waals surface area contributed by atoms with E-state index in [1.165, 1.54) is 23.1 Å². The molecule has 3 aromatic rings. The molecule has 0 saturated carbocycles. The summed E-state index contributed by atoms with van der Waals surface area (Å²) in [5, 5.41) is 4.41. The Balaban J connectivity index is 1.84. The van der Waals surface area contributed by atoms with E-state index in [1.54, 1.807) is 19.1 Å². The highest BCUT2D eigenvalue weighted by Gasteiger charge is 2.30. The second-order valence-corrected chi connectivity index (χ2v) is 8.37. The number of rotatable bonds is 4. The van der Waals surface area contributed by atoms with Gasteiger partial charge in [0, 0.05) is 18.1 Å². The van der Waals surface area contributed by atoms with Crippen molar-refractivity contribution in [1.82, 2.24) is 19.2 Å². The summed E-state index contributed by atoms with van der Waals surface area (Å²) in [5.74, 6) is -0.675. The summed E-state index contributed by atoms with van der Waals surface area (Å²) in [6.45, 7) is 2.47. The van der Waals surface area contributed by atoms with Gasteiger partial charge in [-0.15, -0.1) is 0 Å². The molecule has 1 amide bonds. The number of ether oxygens (including phenoxy) is 1. The molecule has 0 bridgehead atoms. The quantitative estimate of drug-likeness (QED) is 0.541. The van der Waals surface area contributed by atoms with Crippen LogP contribution in [0.1, 0.15) is 27.2 Å². The highest BCUT2D eigenvalue weighted by atomic mass is 35.5. The molecule has 2 heterocycles. The standard InChI is InChI=1S/C23H20ClF3N4O4/c1-14-2-7-17(12-18(14)24)31-22(34)30(13-15-3-5-16(6-4-15)23(25,26)27)21(33)19(28-31)20(32)29-8-10-35-11-9-29/h2-7,12H,8-11,13H2,1H3. The fraction of sp³-hybridized carbons (Fsp3) is 0.304. The summed E-state index contributed by atoms with van der Waals surface area (Å²) < 4.78 is 45.7. The Morgan fingerprint density at radius 1 is 1.09 bits per heavy atom. The van der Waals surface area contributed by atoms with Crippen molar-refractivity contribution in [2.45, 2.75) is 19.6 Å². The van der Waals surface area contributed by atoms with E-state index in [0.717, 1.165) is 26.9 Å². The van der Waals surface area contributed by atoms with Crippen molar-refractivity contribution in [2.24, 2.45) is 0 Å². The number of benzene rings is 2. The summed E-state index contributed by atoms with van der Waals surface area (Å²) >= 11 is 6.20. The number of carbonyl (C=O) groups is 1. The number of aryl methyl sites for hydroxylation is 1. The van der Waals surface area contributed by atoms with E-state index >= 15 is 0 Å². The van der Waals surface area contributed by atoms with Gasteiger partial charge in [0.2, 0.25) is 5.69 Å². The minimum atomic E-state index is -4.53. The van der Waals surface area contributed by atoms with Crippen LogP contribution in [0.2, 0.25) is 5.02 Å². The summed E-state index contributed by atoms with van der Waals surface area (Å²) in [7, 11) is 0. The summed E-state index contributed by atoms with van der Waals surface area (Å²) in [6, 6.07) is 8.75. The molecule has 0 spiro atoms. The monoisotopic (exact) mass is 508 g/mol. The van der Waals surface area contributed by atoms with E-state index in [9.17, 15) is 27.6 Å². The first-order valence-corrected chi connectivity index (χ1v) is 11.0. The van der Waals surface area contributed by atoms with Gasteiger partial charge in [-0.1, -0.05) is 29.8 Å². The van der Waals surface area contributed by atoms with Crippen LogP contribution in [-0.2, 0) is 17.5 Å². The summed E-state index contributed by atoms with van der Waals surface area (Å²) in [5.41, 5.74) is -1.93. The zero-order valence-corrected chi connectivity index (χ0v) is 19.3. The Labute approximate surface area is 202 Å². The van der Waals surface area contributed by atoms with Crippen molar-refractivity contribution in [3.63, 3.8) is 0 Å². The van der Waals surface area contributed by atoms with Crippen molar-refractivity contribution in [3.8, 4) is 5.69 Å². The number of amides is 1. The summed E-state index contributed by atoms with van der Waals surface area (Å²) in [6.07, 6.45) is -4.53. The predicted octanol–water partition coefficient (Wildman–Crippen LogP) is 2.90. The highest BCUT2D eigenvalue weighted by Crippen LogP contribution is 2.29. The fourth-order valence-corrected chi connectivity index (χ4v) is 3.74. The van der Waals surface area contributed by atoms with Gasteiger partial charge in [0.05, 0.1) is 31.0 Å². The van der Waals surface area contributed by atoms with Crippen molar-refractivity contribution in [2.75, 3.05) is 26.3 Å². The van der Waals surface area contributed by atoms with Crippen LogP contribution in [0.5, 0.6) is 0 Å². The Bertz CT molecular complexity index is 1380. The first-order chi connectivity index (χ1) is 16.6. The molecule has 184 valence electrons. The predicted molar refractivity (Wildman–Crippen MR) is 121 cm³/mol. The van der Waals surface area contributed by atoms with E-state index in [2.05, 4.69) is 5.10 Å². The third-order valence-electron chi connectivity index (χ3n) is 5.58. The average molecular weight is 509 g/mol. The lowest BCUT2D eigenvalue weighted by molar-refractivity contribution is -0.137. The minimum absolute atomic E-state index is 0.225. The zero-order chi connectivity index (χ0) is 25.3. The van der Waals surface area contributed by atoms with Crippen molar-refractivity contribution >= 4 is 17.5 Å². The van der Waals surface area contributed by atoms with Crippen molar-refractivity contribution in [3.05, 3.63) is 90.7 Å². The molecule has 8 nitrogen and oxygen atoms in total. The molecule has 0 atom stereocenters. The lowest BCUT2D eigenvalue weighted by Gasteiger charge is -2.26. The van der Waals surface area contributed by atoms with Crippen LogP contribution < -0.4 is 11.2 Å². The lowest BCUT2D eigenvalue weighted by atomic mass is 10.1. The van der Waals surface area contributed by atoms with Crippen LogP contribution in [0, 0.1) is 6.92 Å². The van der Waals surface area contributed by atoms with Crippen molar-refractivity contribution < 1.29 is 22.7 Å². The second-order valence-electron chi connectivity index (χ2n) is 7.97. The van der Waals surface area contributed by atoms with Gasteiger partial charge >= 0.3 is 11.9 Å². The molecule has 1 aliphatic heterocycles. The Kier molecular flexibility index (Phi) is 6.82. The molecular weight excluding hydrogens is 489 g/mol. The number of hydrogen-bond acceptors (Lipinski definition) is 5. The molecule has 0 N–H and O–H groups in total. The molecule has 1 fully saturated rings. The number of alkyl halides is 3. The lowest BCUT2D eigenvalue weighted by Crippen LogP contribution is -2.48. The average Bonchev–Trinajstić information content (AvgIpc) is 2.83. The SMILES string of the molecule is Cc1ccc(-n2nc(C(=O)N3CCOCC3)c(=O)n(Cc3ccc(C(F)(F)F)cc3)c2=O)cc1Cl. The molecule has 4 rings (SSSR count). The Hall–Kier alpha value is -3.44. The Morgan fingerprint density at radius 3 is 2.34 bits per heavy atom. The molecule has 2 aromatic carbocycles. The normalized spacial score (nSPS) is 14.3. The van der Waals surface area contributed by atoms with E-state index in [-0.39, 0.29) is 30.9 Å². The van der Waals surface area contributed by atoms with E-state index < -0.39 is 34.6 Å². The molecule has 0 aliphatic carbocycles. The molecular formula is C23H20ClF3N4O4. The van der Waals surface area contributed by atoms with Crippen LogP contribution in [-0.4, -0.2) is 51.5 Å². The molecule has 0 radical (unpaired) electrons. The van der Waals surface area contributed by atoms with E-state index in [1.807, 2.05) is 0 Å². The first kappa shape index (κ1) is 24.7. The van der Waals surface area contributed by atoms with Crippen molar-refractivity contribution in [1.29, 1.82) is 0 Å². The van der Waals surface area contributed by atoms with E-state index in [0.29, 0.717) is 18.2 Å². The molecule has 1 aromatic heterocycles. The number of aromatic nitrogens is 3. The maximum atomic E-state index is 13.3. The fourth-order valence-electron chi connectivity index (χ4n) is 3.57. The number of halogens is 4. The van der Waals surface area contributed by atoms with Crippen LogP contribution in [0.25, 0.3) is 5.69 Å². The number of carbonyl (C=O) groups excluding carboxylic acids is 1. The van der Waals surface area contributed by atoms with Crippen LogP contribution in [0.3, 0.4) is 0 Å². The summed E-state index contributed by atoms with van der Waals surface area (Å²) in [4.78, 5) is 41.0. The molecule has 12 heteroatoms. The molecule has 1 aliphatic rings. The third-order valence-corrected chi connectivity index (χ3v) is 5.99. The van der Waals surface area contributed by atoms with Gasteiger partial charge in [-0.3, -0.25) is 14.2 Å². The molecule has 35 heavy (non-hydrogen) atoms. The number of hydrogen-bond donors (Lipinski definition) is 0. The van der Waals surface area contributed by atoms with Crippen LogP contribution >= 0.6 is 11.6 Å². The van der Waals surface area contributed by atoms with Crippen LogP contribution in [0.4, 0.5) is 13.2 Å². The second kappa shape index (κ2) is 9.67. The van der Waals surface area contributed by atoms with Crippen LogP contribution in [0.15, 0.2) is 52.1 Å². The largest absolute Gasteiger partial charge is 0.416 e. The number of morpholine rings is 1. The first-order valence-electron chi connectivity index (χ1n) is 10.6. The van der Waals surface area contributed by atoms with Gasteiger partial charge in [-0.2, -0.15) is 23.0 Å². The Morgan fingerprint density at radius 2 is 1.74 bits per heavy atom. The zero-order valence-electron chi connectivity index (χ0n) is 18.5. The van der Waals surface area contributed by atoms with E-state index in [4.69, 9.17) is 16.3 Å². The topological polar surface area (TPSA) is 86.4 Å².